The maximum atomic E-state index is 6.36. The molecule has 7 heteroatoms. The lowest BCUT2D eigenvalue weighted by atomic mass is 9.92. The van der Waals surface area contributed by atoms with E-state index in [-0.39, 0.29) is 0 Å². The second-order valence-corrected chi connectivity index (χ2v) is 7.76. The van der Waals surface area contributed by atoms with Crippen LogP contribution in [0.15, 0.2) is 24.5 Å². The average molecular weight is 375 g/mol. The molecule has 26 heavy (non-hydrogen) atoms. The highest BCUT2D eigenvalue weighted by Crippen LogP contribution is 2.28. The maximum Gasteiger partial charge on any atom is 0.223 e. The first-order chi connectivity index (χ1) is 12.5. The molecule has 0 bridgehead atoms. The van der Waals surface area contributed by atoms with Crippen LogP contribution < -0.4 is 16.4 Å². The summed E-state index contributed by atoms with van der Waals surface area (Å²) in [5.74, 6) is 1.97. The number of nitrogens with zero attached hydrogens (tertiary/aromatic N) is 3. The molecule has 4 N–H and O–H groups in total. The summed E-state index contributed by atoms with van der Waals surface area (Å²) in [6.07, 6.45) is 7.58. The Hall–Kier alpha value is -1.92. The molecular formula is C19H27ClN6. The summed E-state index contributed by atoms with van der Waals surface area (Å²) >= 11 is 6.36. The van der Waals surface area contributed by atoms with Gasteiger partial charge in [0, 0.05) is 30.4 Å². The minimum Gasteiger partial charge on any atom is -0.370 e. The molecule has 2 heterocycles. The second-order valence-electron chi connectivity index (χ2n) is 7.35. The van der Waals surface area contributed by atoms with Crippen LogP contribution in [0.2, 0.25) is 5.02 Å². The molecule has 6 nitrogen and oxygen atoms in total. The van der Waals surface area contributed by atoms with Gasteiger partial charge in [-0.25, -0.2) is 15.0 Å². The Bertz CT molecular complexity index is 728. The molecular weight excluding hydrogens is 348 g/mol. The molecule has 1 aliphatic rings. The molecule has 0 atom stereocenters. The highest BCUT2D eigenvalue weighted by molar-refractivity contribution is 6.32. The number of nitrogens with two attached hydrogens (primary N) is 1. The van der Waals surface area contributed by atoms with Crippen molar-refractivity contribution in [2.75, 3.05) is 17.2 Å². The molecule has 0 amide bonds. The minimum atomic E-state index is 0.323. The Morgan fingerprint density at radius 2 is 2.00 bits per heavy atom. The minimum absolute atomic E-state index is 0.323. The van der Waals surface area contributed by atoms with E-state index in [1.165, 1.54) is 0 Å². The highest BCUT2D eigenvalue weighted by atomic mass is 35.5. The zero-order chi connectivity index (χ0) is 18.5. The SMILES string of the molecule is CC(C)CNc1cc(-c2nc(NC3CCC(N)CC3)ncc2Cl)ccn1. The van der Waals surface area contributed by atoms with Gasteiger partial charge in [-0.3, -0.25) is 0 Å². The van der Waals surface area contributed by atoms with Gasteiger partial charge in [0.15, 0.2) is 0 Å². The fourth-order valence-corrected chi connectivity index (χ4v) is 3.27. The van der Waals surface area contributed by atoms with Gasteiger partial charge in [-0.05, 0) is 43.7 Å². The molecule has 1 saturated carbocycles. The number of pyridine rings is 1. The first-order valence-corrected chi connectivity index (χ1v) is 9.64. The number of rotatable bonds is 6. The largest absolute Gasteiger partial charge is 0.370 e. The predicted octanol–water partition coefficient (Wildman–Crippen LogP) is 3.94. The molecule has 1 fully saturated rings. The van der Waals surface area contributed by atoms with Crippen LogP contribution in [-0.4, -0.2) is 33.6 Å². The van der Waals surface area contributed by atoms with Crippen LogP contribution in [-0.2, 0) is 0 Å². The molecule has 0 unspecified atom stereocenters. The summed E-state index contributed by atoms with van der Waals surface area (Å²) in [5, 5.41) is 7.29. The molecule has 2 aromatic rings. The fraction of sp³-hybridized carbons (Fsp3) is 0.526. The number of aromatic nitrogens is 3. The van der Waals surface area contributed by atoms with E-state index in [1.807, 2.05) is 12.1 Å². The van der Waals surface area contributed by atoms with Crippen molar-refractivity contribution in [3.05, 3.63) is 29.5 Å². The summed E-state index contributed by atoms with van der Waals surface area (Å²) in [4.78, 5) is 13.4. The van der Waals surface area contributed by atoms with Crippen LogP contribution in [0.25, 0.3) is 11.3 Å². The monoisotopic (exact) mass is 374 g/mol. The third-order valence-corrected chi connectivity index (χ3v) is 4.85. The van der Waals surface area contributed by atoms with E-state index >= 15 is 0 Å². The van der Waals surface area contributed by atoms with E-state index < -0.39 is 0 Å². The lowest BCUT2D eigenvalue weighted by Crippen LogP contribution is -2.33. The molecule has 0 aliphatic heterocycles. The van der Waals surface area contributed by atoms with Crippen molar-refractivity contribution in [3.63, 3.8) is 0 Å². The first kappa shape index (κ1) is 18.9. The van der Waals surface area contributed by atoms with Crippen LogP contribution in [0, 0.1) is 5.92 Å². The number of nitrogens with one attached hydrogen (secondary N) is 2. The van der Waals surface area contributed by atoms with Gasteiger partial charge in [0.2, 0.25) is 5.95 Å². The zero-order valence-corrected chi connectivity index (χ0v) is 16.1. The lowest BCUT2D eigenvalue weighted by Gasteiger charge is -2.26. The number of halogens is 1. The highest BCUT2D eigenvalue weighted by Gasteiger charge is 2.19. The third-order valence-electron chi connectivity index (χ3n) is 4.57. The summed E-state index contributed by atoms with van der Waals surface area (Å²) in [6, 6.07) is 4.57. The molecule has 140 valence electrons. The van der Waals surface area contributed by atoms with Crippen LogP contribution in [0.1, 0.15) is 39.5 Å². The van der Waals surface area contributed by atoms with E-state index in [4.69, 9.17) is 17.3 Å². The molecule has 0 radical (unpaired) electrons. The zero-order valence-electron chi connectivity index (χ0n) is 15.4. The Morgan fingerprint density at radius 1 is 1.23 bits per heavy atom. The molecule has 1 aliphatic carbocycles. The quantitative estimate of drug-likeness (QED) is 0.709. The van der Waals surface area contributed by atoms with Gasteiger partial charge in [-0.1, -0.05) is 25.4 Å². The van der Waals surface area contributed by atoms with Crippen LogP contribution >= 0.6 is 11.6 Å². The van der Waals surface area contributed by atoms with E-state index in [2.05, 4.69) is 39.4 Å². The van der Waals surface area contributed by atoms with Crippen LogP contribution in [0.3, 0.4) is 0 Å². The van der Waals surface area contributed by atoms with Gasteiger partial charge in [-0.2, -0.15) is 0 Å². The van der Waals surface area contributed by atoms with Crippen molar-refractivity contribution in [1.82, 2.24) is 15.0 Å². The average Bonchev–Trinajstić information content (AvgIpc) is 2.64. The van der Waals surface area contributed by atoms with Crippen molar-refractivity contribution < 1.29 is 0 Å². The Labute approximate surface area is 160 Å². The van der Waals surface area contributed by atoms with Crippen molar-refractivity contribution in [2.24, 2.45) is 11.7 Å². The third kappa shape index (κ3) is 5.05. The first-order valence-electron chi connectivity index (χ1n) is 9.26. The Kier molecular flexibility index (Phi) is 6.27. The molecule has 0 saturated heterocycles. The van der Waals surface area contributed by atoms with Gasteiger partial charge in [0.05, 0.1) is 16.9 Å². The molecule has 0 aromatic carbocycles. The van der Waals surface area contributed by atoms with Gasteiger partial charge in [-0.15, -0.1) is 0 Å². The van der Waals surface area contributed by atoms with Gasteiger partial charge in [0.1, 0.15) is 5.82 Å². The predicted molar refractivity (Wildman–Crippen MR) is 107 cm³/mol. The summed E-state index contributed by atoms with van der Waals surface area (Å²) in [7, 11) is 0. The fourth-order valence-electron chi connectivity index (χ4n) is 3.07. The van der Waals surface area contributed by atoms with Crippen LogP contribution in [0.5, 0.6) is 0 Å². The topological polar surface area (TPSA) is 88.8 Å². The summed E-state index contributed by atoms with van der Waals surface area (Å²) in [5.41, 5.74) is 7.62. The van der Waals surface area contributed by atoms with Crippen molar-refractivity contribution >= 4 is 23.4 Å². The van der Waals surface area contributed by atoms with E-state index in [1.54, 1.807) is 12.4 Å². The molecule has 3 rings (SSSR count). The number of hydrogen-bond donors (Lipinski definition) is 3. The van der Waals surface area contributed by atoms with Gasteiger partial charge < -0.3 is 16.4 Å². The smallest absolute Gasteiger partial charge is 0.223 e. The van der Waals surface area contributed by atoms with Crippen molar-refractivity contribution in [3.8, 4) is 11.3 Å². The lowest BCUT2D eigenvalue weighted by molar-refractivity contribution is 0.410. The summed E-state index contributed by atoms with van der Waals surface area (Å²) < 4.78 is 0. The second kappa shape index (κ2) is 8.64. The number of hydrogen-bond acceptors (Lipinski definition) is 6. The van der Waals surface area contributed by atoms with Crippen LogP contribution in [0.4, 0.5) is 11.8 Å². The standard InChI is InChI=1S/C19H27ClN6/c1-12(2)10-23-17-9-13(7-8-22-17)18-16(20)11-24-19(26-18)25-15-5-3-14(21)4-6-15/h7-9,11-12,14-15H,3-6,10,21H2,1-2H3,(H,22,23)(H,24,25,26). The summed E-state index contributed by atoms with van der Waals surface area (Å²) in [6.45, 7) is 5.19. The van der Waals surface area contributed by atoms with Gasteiger partial charge >= 0.3 is 0 Å². The molecule has 0 spiro atoms. The van der Waals surface area contributed by atoms with E-state index in [9.17, 15) is 0 Å². The van der Waals surface area contributed by atoms with E-state index in [0.717, 1.165) is 43.6 Å². The normalized spacial score (nSPS) is 20.2. The van der Waals surface area contributed by atoms with Crippen molar-refractivity contribution in [1.29, 1.82) is 0 Å². The molecule has 2 aromatic heterocycles. The Balaban J connectivity index is 1.76. The maximum absolute atomic E-state index is 6.36. The number of anilines is 2. The van der Waals surface area contributed by atoms with E-state index in [0.29, 0.717) is 34.7 Å². The Morgan fingerprint density at radius 3 is 2.73 bits per heavy atom. The van der Waals surface area contributed by atoms with Crippen molar-refractivity contribution in [2.45, 2.75) is 51.6 Å². The van der Waals surface area contributed by atoms with Gasteiger partial charge in [0.25, 0.3) is 0 Å².